The van der Waals surface area contributed by atoms with Crippen LogP contribution in [0.1, 0.15) is 30.1 Å². The van der Waals surface area contributed by atoms with Crippen LogP contribution in [0.25, 0.3) is 5.69 Å². The summed E-state index contributed by atoms with van der Waals surface area (Å²) >= 11 is 0. The highest BCUT2D eigenvalue weighted by Gasteiger charge is 2.27. The van der Waals surface area contributed by atoms with Gasteiger partial charge in [-0.15, -0.1) is 0 Å². The van der Waals surface area contributed by atoms with Crippen LogP contribution in [-0.2, 0) is 4.79 Å². The molecule has 2 N–H and O–H groups in total. The van der Waals surface area contributed by atoms with E-state index in [1.54, 1.807) is 23.3 Å². The minimum Gasteiger partial charge on any atom is -0.352 e. The van der Waals surface area contributed by atoms with Crippen molar-refractivity contribution >= 4 is 11.8 Å². The lowest BCUT2D eigenvalue weighted by Gasteiger charge is -2.30. The van der Waals surface area contributed by atoms with Crippen molar-refractivity contribution < 1.29 is 14.0 Å². The predicted molar refractivity (Wildman–Crippen MR) is 81.6 cm³/mol. The third-order valence-corrected chi connectivity index (χ3v) is 3.98. The number of carbonyl (C=O) groups is 2. The van der Waals surface area contributed by atoms with Crippen molar-refractivity contribution in [3.8, 4) is 5.69 Å². The minimum absolute atomic E-state index is 0.0205. The molecule has 23 heavy (non-hydrogen) atoms. The first-order valence-corrected chi connectivity index (χ1v) is 7.42. The number of nitrogens with one attached hydrogen (secondary N) is 2. The molecular weight excluding hydrogens is 299 g/mol. The van der Waals surface area contributed by atoms with Gasteiger partial charge in [-0.2, -0.15) is 0 Å². The van der Waals surface area contributed by atoms with Crippen molar-refractivity contribution in [3.05, 3.63) is 48.3 Å². The van der Waals surface area contributed by atoms with E-state index in [1.165, 1.54) is 18.2 Å². The van der Waals surface area contributed by atoms with E-state index < -0.39 is 5.82 Å². The zero-order chi connectivity index (χ0) is 16.4. The molecule has 0 aliphatic carbocycles. The van der Waals surface area contributed by atoms with Gasteiger partial charge in [0.1, 0.15) is 5.82 Å². The van der Waals surface area contributed by atoms with Gasteiger partial charge in [-0.25, -0.2) is 9.37 Å². The lowest BCUT2D eigenvalue weighted by Crippen LogP contribution is -2.54. The highest BCUT2D eigenvalue weighted by molar-refractivity contribution is 5.98. The summed E-state index contributed by atoms with van der Waals surface area (Å²) in [5, 5.41) is 5.68. The van der Waals surface area contributed by atoms with Gasteiger partial charge in [0.15, 0.2) is 0 Å². The fourth-order valence-corrected chi connectivity index (χ4v) is 2.72. The smallest absolute Gasteiger partial charge is 0.253 e. The summed E-state index contributed by atoms with van der Waals surface area (Å²) in [4.78, 5) is 27.9. The average Bonchev–Trinajstić information content (AvgIpc) is 3.04. The second-order valence-corrected chi connectivity index (χ2v) is 5.61. The normalized spacial score (nSPS) is 20.9. The molecule has 2 unspecified atom stereocenters. The van der Waals surface area contributed by atoms with E-state index in [0.717, 1.165) is 0 Å². The molecule has 1 aliphatic rings. The van der Waals surface area contributed by atoms with Crippen LogP contribution < -0.4 is 10.6 Å². The van der Waals surface area contributed by atoms with Crippen LogP contribution in [0.5, 0.6) is 0 Å². The van der Waals surface area contributed by atoms with Crippen LogP contribution in [0, 0.1) is 5.82 Å². The molecule has 0 radical (unpaired) electrons. The first kappa shape index (κ1) is 15.2. The summed E-state index contributed by atoms with van der Waals surface area (Å²) in [6.45, 7) is 1.84. The Hall–Kier alpha value is -2.70. The highest BCUT2D eigenvalue weighted by atomic mass is 19.1. The van der Waals surface area contributed by atoms with Gasteiger partial charge in [0.05, 0.1) is 17.6 Å². The topological polar surface area (TPSA) is 76.0 Å². The van der Waals surface area contributed by atoms with Gasteiger partial charge in [0, 0.05) is 30.9 Å². The van der Waals surface area contributed by atoms with Crippen molar-refractivity contribution in [1.82, 2.24) is 20.2 Å². The minimum atomic E-state index is -0.482. The second kappa shape index (κ2) is 6.20. The van der Waals surface area contributed by atoms with E-state index in [2.05, 4.69) is 15.6 Å². The molecule has 120 valence electrons. The summed E-state index contributed by atoms with van der Waals surface area (Å²) in [6, 6.07) is 3.70. The Morgan fingerprint density at radius 1 is 1.48 bits per heavy atom. The van der Waals surface area contributed by atoms with E-state index >= 15 is 0 Å². The Morgan fingerprint density at radius 2 is 2.30 bits per heavy atom. The number of halogens is 1. The number of nitrogens with zero attached hydrogens (tertiary/aromatic N) is 2. The lowest BCUT2D eigenvalue weighted by atomic mass is 9.98. The van der Waals surface area contributed by atoms with Crippen LogP contribution in [-0.4, -0.2) is 33.4 Å². The molecule has 6 nitrogen and oxygen atoms in total. The third kappa shape index (κ3) is 3.23. The van der Waals surface area contributed by atoms with Gasteiger partial charge in [0.25, 0.3) is 5.91 Å². The Kier molecular flexibility index (Phi) is 4.10. The number of amides is 2. The van der Waals surface area contributed by atoms with E-state index in [-0.39, 0.29) is 29.5 Å². The van der Waals surface area contributed by atoms with Crippen molar-refractivity contribution in [1.29, 1.82) is 0 Å². The SMILES string of the molecule is CC1NC(=O)CCC1NC(=O)c1cc(F)ccc1-n1ccnc1. The van der Waals surface area contributed by atoms with E-state index in [1.807, 2.05) is 6.92 Å². The quantitative estimate of drug-likeness (QED) is 0.899. The summed E-state index contributed by atoms with van der Waals surface area (Å²) in [7, 11) is 0. The largest absolute Gasteiger partial charge is 0.352 e. The number of aromatic nitrogens is 2. The van der Waals surface area contributed by atoms with E-state index in [0.29, 0.717) is 18.5 Å². The average molecular weight is 316 g/mol. The molecule has 3 rings (SSSR count). The number of benzene rings is 1. The zero-order valence-corrected chi connectivity index (χ0v) is 12.6. The summed E-state index contributed by atoms with van der Waals surface area (Å²) in [5.41, 5.74) is 0.779. The maximum atomic E-state index is 13.6. The maximum absolute atomic E-state index is 13.6. The van der Waals surface area contributed by atoms with Gasteiger partial charge in [-0.05, 0) is 31.5 Å². The van der Waals surface area contributed by atoms with Crippen LogP contribution >= 0.6 is 0 Å². The van der Waals surface area contributed by atoms with Gasteiger partial charge >= 0.3 is 0 Å². The van der Waals surface area contributed by atoms with Crippen LogP contribution in [0.3, 0.4) is 0 Å². The Bertz CT molecular complexity index is 730. The van der Waals surface area contributed by atoms with Gasteiger partial charge < -0.3 is 15.2 Å². The van der Waals surface area contributed by atoms with Crippen molar-refractivity contribution in [2.75, 3.05) is 0 Å². The molecule has 2 amide bonds. The molecule has 1 saturated heterocycles. The van der Waals surface area contributed by atoms with Crippen LogP contribution in [0.4, 0.5) is 4.39 Å². The lowest BCUT2D eigenvalue weighted by molar-refractivity contribution is -0.123. The standard InChI is InChI=1S/C16H17FN4O2/c1-10-13(3-5-15(22)19-10)20-16(23)12-8-11(17)2-4-14(12)21-7-6-18-9-21/h2,4,6-10,13H,3,5H2,1H3,(H,19,22)(H,20,23). The fraction of sp³-hybridized carbons (Fsp3) is 0.312. The second-order valence-electron chi connectivity index (χ2n) is 5.61. The van der Waals surface area contributed by atoms with E-state index in [4.69, 9.17) is 0 Å². The number of piperidine rings is 1. The summed E-state index contributed by atoms with van der Waals surface area (Å²) in [6.07, 6.45) is 5.76. The Labute approximate surface area is 132 Å². The molecule has 0 spiro atoms. The molecule has 1 aromatic heterocycles. The van der Waals surface area contributed by atoms with Crippen molar-refractivity contribution in [2.45, 2.75) is 31.8 Å². The highest BCUT2D eigenvalue weighted by Crippen LogP contribution is 2.18. The van der Waals surface area contributed by atoms with Gasteiger partial charge in [-0.3, -0.25) is 9.59 Å². The molecular formula is C16H17FN4O2. The first-order chi connectivity index (χ1) is 11.0. The summed E-state index contributed by atoms with van der Waals surface area (Å²) < 4.78 is 15.2. The van der Waals surface area contributed by atoms with Crippen LogP contribution in [0.2, 0.25) is 0 Å². The molecule has 2 atom stereocenters. The predicted octanol–water partition coefficient (Wildman–Crippen LogP) is 1.41. The Morgan fingerprint density at radius 3 is 3.00 bits per heavy atom. The monoisotopic (exact) mass is 316 g/mol. The Balaban J connectivity index is 1.85. The van der Waals surface area contributed by atoms with Crippen LogP contribution in [0.15, 0.2) is 36.9 Å². The molecule has 2 aromatic rings. The van der Waals surface area contributed by atoms with Gasteiger partial charge in [0.2, 0.25) is 5.91 Å². The molecule has 1 aromatic carbocycles. The molecule has 1 fully saturated rings. The number of rotatable bonds is 3. The molecule has 0 bridgehead atoms. The van der Waals surface area contributed by atoms with Crippen molar-refractivity contribution in [2.24, 2.45) is 0 Å². The zero-order valence-electron chi connectivity index (χ0n) is 12.6. The van der Waals surface area contributed by atoms with Gasteiger partial charge in [-0.1, -0.05) is 0 Å². The number of imidazole rings is 1. The molecule has 0 saturated carbocycles. The molecule has 2 heterocycles. The van der Waals surface area contributed by atoms with E-state index in [9.17, 15) is 14.0 Å². The molecule has 1 aliphatic heterocycles. The number of hydrogen-bond donors (Lipinski definition) is 2. The molecule has 7 heteroatoms. The maximum Gasteiger partial charge on any atom is 0.253 e. The first-order valence-electron chi connectivity index (χ1n) is 7.42. The number of hydrogen-bond acceptors (Lipinski definition) is 3. The third-order valence-electron chi connectivity index (χ3n) is 3.98. The number of carbonyl (C=O) groups excluding carboxylic acids is 2. The fourth-order valence-electron chi connectivity index (χ4n) is 2.72. The summed E-state index contributed by atoms with van der Waals surface area (Å²) in [5.74, 6) is -0.877. The van der Waals surface area contributed by atoms with Crippen molar-refractivity contribution in [3.63, 3.8) is 0 Å².